The molecule has 1 aliphatic rings. The summed E-state index contributed by atoms with van der Waals surface area (Å²) in [6.07, 6.45) is 0.751. The zero-order valence-corrected chi connectivity index (χ0v) is 10.6. The Morgan fingerprint density at radius 1 is 1.12 bits per heavy atom. The van der Waals surface area contributed by atoms with Crippen molar-refractivity contribution in [1.82, 2.24) is 0 Å². The number of benzene rings is 2. The van der Waals surface area contributed by atoms with Gasteiger partial charge in [0.25, 0.3) is 0 Å². The first-order valence-electron chi connectivity index (χ1n) is 5.43. The van der Waals surface area contributed by atoms with Crippen molar-refractivity contribution in [3.05, 3.63) is 59.4 Å². The molecule has 0 nitrogen and oxygen atoms in total. The van der Waals surface area contributed by atoms with Crippen LogP contribution in [0, 0.1) is 5.82 Å². The van der Waals surface area contributed by atoms with E-state index in [1.165, 1.54) is 16.5 Å². The van der Waals surface area contributed by atoms with Crippen molar-refractivity contribution in [1.29, 1.82) is 0 Å². The molecule has 86 valence electrons. The Morgan fingerprint density at radius 2 is 1.94 bits per heavy atom. The molecule has 3 rings (SSSR count). The summed E-state index contributed by atoms with van der Waals surface area (Å²) in [5.41, 5.74) is 2.13. The summed E-state index contributed by atoms with van der Waals surface area (Å²) in [5, 5.41) is -0.156. The molecule has 0 spiro atoms. The monoisotopic (exact) mass is 264 g/mol. The average molecular weight is 265 g/mol. The molecule has 0 bridgehead atoms. The van der Waals surface area contributed by atoms with Crippen LogP contribution in [0.15, 0.2) is 52.3 Å². The smallest absolute Gasteiger partial charge is 0.123 e. The van der Waals surface area contributed by atoms with Crippen LogP contribution in [-0.4, -0.2) is 0 Å². The van der Waals surface area contributed by atoms with Crippen LogP contribution < -0.4 is 0 Å². The molecule has 0 amide bonds. The molecule has 0 saturated carbocycles. The fourth-order valence-corrected chi connectivity index (χ4v) is 3.58. The maximum absolute atomic E-state index is 13.3. The Hall–Kier alpha value is -0.990. The Kier molecular flexibility index (Phi) is 2.85. The highest BCUT2D eigenvalue weighted by Crippen LogP contribution is 2.43. The lowest BCUT2D eigenvalue weighted by molar-refractivity contribution is 0.622. The van der Waals surface area contributed by atoms with E-state index >= 15 is 0 Å². The van der Waals surface area contributed by atoms with E-state index < -0.39 is 0 Å². The van der Waals surface area contributed by atoms with Crippen LogP contribution in [0.3, 0.4) is 0 Å². The fraction of sp³-hybridized carbons (Fsp3) is 0.143. The van der Waals surface area contributed by atoms with Gasteiger partial charge in [0.1, 0.15) is 5.82 Å². The van der Waals surface area contributed by atoms with Crippen LogP contribution >= 0.6 is 23.4 Å². The van der Waals surface area contributed by atoms with Gasteiger partial charge in [-0.1, -0.05) is 30.0 Å². The predicted molar refractivity (Wildman–Crippen MR) is 69.3 cm³/mol. The second-order valence-electron chi connectivity index (χ2n) is 4.06. The van der Waals surface area contributed by atoms with Gasteiger partial charge in [0.2, 0.25) is 0 Å². The van der Waals surface area contributed by atoms with Gasteiger partial charge in [0.05, 0.1) is 5.38 Å². The molecule has 0 N–H and O–H groups in total. The molecule has 1 aliphatic heterocycles. The van der Waals surface area contributed by atoms with Crippen molar-refractivity contribution in [2.24, 2.45) is 0 Å². The maximum Gasteiger partial charge on any atom is 0.123 e. The first-order chi connectivity index (χ1) is 8.24. The highest BCUT2D eigenvalue weighted by molar-refractivity contribution is 7.99. The van der Waals surface area contributed by atoms with Gasteiger partial charge in [-0.2, -0.15) is 0 Å². The maximum atomic E-state index is 13.3. The van der Waals surface area contributed by atoms with Crippen molar-refractivity contribution in [2.45, 2.75) is 21.6 Å². The van der Waals surface area contributed by atoms with Crippen LogP contribution in [0.5, 0.6) is 0 Å². The molecule has 0 aliphatic carbocycles. The summed E-state index contributed by atoms with van der Waals surface area (Å²) in [6.45, 7) is 0. The SMILES string of the molecule is Fc1ccc2c(c1)C(Cl)Cc1ccccc1S2. The summed E-state index contributed by atoms with van der Waals surface area (Å²) in [5.74, 6) is -0.221. The second-order valence-corrected chi connectivity index (χ2v) is 5.67. The lowest BCUT2D eigenvalue weighted by Crippen LogP contribution is -1.96. The largest absolute Gasteiger partial charge is 0.207 e. The standard InChI is InChI=1S/C14H10ClFS/c15-12-7-9-3-1-2-4-13(9)17-14-6-5-10(16)8-11(12)14/h1-6,8,12H,7H2. The topological polar surface area (TPSA) is 0 Å². The molecule has 0 radical (unpaired) electrons. The molecule has 17 heavy (non-hydrogen) atoms. The summed E-state index contributed by atoms with van der Waals surface area (Å²) in [4.78, 5) is 2.26. The van der Waals surface area contributed by atoms with E-state index in [1.54, 1.807) is 17.8 Å². The lowest BCUT2D eigenvalue weighted by Gasteiger charge is -2.09. The zero-order valence-electron chi connectivity index (χ0n) is 8.99. The molecule has 1 atom stereocenters. The van der Waals surface area contributed by atoms with E-state index in [0.717, 1.165) is 16.9 Å². The van der Waals surface area contributed by atoms with Crippen molar-refractivity contribution < 1.29 is 4.39 Å². The van der Waals surface area contributed by atoms with Gasteiger partial charge >= 0.3 is 0 Å². The quantitative estimate of drug-likeness (QED) is 0.615. The predicted octanol–water partition coefficient (Wildman–Crippen LogP) is 4.81. The third-order valence-corrected chi connectivity index (χ3v) is 4.50. The molecular formula is C14H10ClFS. The van der Waals surface area contributed by atoms with Gasteiger partial charge in [0.15, 0.2) is 0 Å². The Labute approximate surface area is 109 Å². The number of halogens is 2. The van der Waals surface area contributed by atoms with E-state index in [-0.39, 0.29) is 11.2 Å². The van der Waals surface area contributed by atoms with Crippen LogP contribution in [-0.2, 0) is 6.42 Å². The number of hydrogen-bond acceptors (Lipinski definition) is 1. The Balaban J connectivity index is 2.14. The third kappa shape index (κ3) is 2.07. The van der Waals surface area contributed by atoms with E-state index in [9.17, 15) is 4.39 Å². The van der Waals surface area contributed by atoms with Crippen molar-refractivity contribution in [3.8, 4) is 0 Å². The van der Waals surface area contributed by atoms with Crippen molar-refractivity contribution in [3.63, 3.8) is 0 Å². The normalized spacial score (nSPS) is 18.1. The van der Waals surface area contributed by atoms with E-state index in [0.29, 0.717) is 0 Å². The molecule has 1 unspecified atom stereocenters. The molecule has 0 saturated heterocycles. The zero-order chi connectivity index (χ0) is 11.8. The molecular weight excluding hydrogens is 255 g/mol. The first-order valence-corrected chi connectivity index (χ1v) is 6.68. The molecule has 1 heterocycles. The van der Waals surface area contributed by atoms with Gasteiger partial charge in [-0.05, 0) is 41.8 Å². The fourth-order valence-electron chi connectivity index (χ4n) is 2.05. The van der Waals surface area contributed by atoms with Crippen LogP contribution in [0.25, 0.3) is 0 Å². The molecule has 2 aromatic rings. The van der Waals surface area contributed by atoms with Gasteiger partial charge in [-0.25, -0.2) is 4.39 Å². The minimum absolute atomic E-state index is 0.156. The summed E-state index contributed by atoms with van der Waals surface area (Å²) in [7, 11) is 0. The van der Waals surface area contributed by atoms with E-state index in [2.05, 4.69) is 12.1 Å². The van der Waals surface area contributed by atoms with E-state index in [4.69, 9.17) is 11.6 Å². The van der Waals surface area contributed by atoms with E-state index in [1.807, 2.05) is 18.2 Å². The third-order valence-electron chi connectivity index (χ3n) is 2.90. The number of alkyl halides is 1. The van der Waals surface area contributed by atoms with Gasteiger partial charge in [-0.3, -0.25) is 0 Å². The lowest BCUT2D eigenvalue weighted by atomic mass is 10.0. The van der Waals surface area contributed by atoms with Crippen LogP contribution in [0.4, 0.5) is 4.39 Å². The Bertz CT molecular complexity index is 568. The number of fused-ring (bicyclic) bond motifs is 2. The summed E-state index contributed by atoms with van der Waals surface area (Å²) in [6, 6.07) is 13.0. The Morgan fingerprint density at radius 3 is 2.82 bits per heavy atom. The molecule has 2 aromatic carbocycles. The van der Waals surface area contributed by atoms with Gasteiger partial charge in [-0.15, -0.1) is 11.6 Å². The second kappa shape index (κ2) is 4.35. The summed E-state index contributed by atoms with van der Waals surface area (Å²) < 4.78 is 13.3. The molecule has 0 aromatic heterocycles. The van der Waals surface area contributed by atoms with Crippen molar-refractivity contribution >= 4 is 23.4 Å². The average Bonchev–Trinajstić information content (AvgIpc) is 2.46. The summed E-state index contributed by atoms with van der Waals surface area (Å²) >= 11 is 8.04. The molecule has 3 heteroatoms. The van der Waals surface area contributed by atoms with Gasteiger partial charge < -0.3 is 0 Å². The number of hydrogen-bond donors (Lipinski definition) is 0. The minimum Gasteiger partial charge on any atom is -0.207 e. The highest BCUT2D eigenvalue weighted by atomic mass is 35.5. The highest BCUT2D eigenvalue weighted by Gasteiger charge is 2.21. The minimum atomic E-state index is -0.221. The number of rotatable bonds is 0. The van der Waals surface area contributed by atoms with Crippen LogP contribution in [0.2, 0.25) is 0 Å². The van der Waals surface area contributed by atoms with Gasteiger partial charge in [0, 0.05) is 9.79 Å². The first kappa shape index (κ1) is 11.1. The van der Waals surface area contributed by atoms with Crippen molar-refractivity contribution in [2.75, 3.05) is 0 Å². The molecule has 0 fully saturated rings. The van der Waals surface area contributed by atoms with Crippen LogP contribution in [0.1, 0.15) is 16.5 Å².